The van der Waals surface area contributed by atoms with Crippen LogP contribution in [0.1, 0.15) is 26.6 Å². The van der Waals surface area contributed by atoms with Crippen LogP contribution >= 0.6 is 0 Å². The summed E-state index contributed by atoms with van der Waals surface area (Å²) >= 11 is 0. The predicted octanol–water partition coefficient (Wildman–Crippen LogP) is -0.531. The summed E-state index contributed by atoms with van der Waals surface area (Å²) < 4.78 is 25.2. The van der Waals surface area contributed by atoms with E-state index in [4.69, 9.17) is 0 Å². The molecule has 0 aliphatic carbocycles. The van der Waals surface area contributed by atoms with Gasteiger partial charge in [0.1, 0.15) is 5.82 Å². The van der Waals surface area contributed by atoms with E-state index in [1.54, 1.807) is 0 Å². The van der Waals surface area contributed by atoms with E-state index < -0.39 is 15.9 Å². The Morgan fingerprint density at radius 3 is 2.42 bits per heavy atom. The number of carbonyl (C=O) groups is 1. The molecule has 0 radical (unpaired) electrons. The number of rotatable bonds is 4. The molecule has 1 rings (SSSR count). The molecule has 0 unspecified atom stereocenters. The number of hydrogen-bond donors (Lipinski definition) is 2. The molecule has 0 saturated heterocycles. The van der Waals surface area contributed by atoms with Gasteiger partial charge in [0.25, 0.3) is 15.2 Å². The quantitative estimate of drug-likeness (QED) is 0.774. The van der Waals surface area contributed by atoms with Crippen molar-refractivity contribution in [1.82, 2.24) is 24.8 Å². The van der Waals surface area contributed by atoms with Gasteiger partial charge < -0.3 is 5.32 Å². The van der Waals surface area contributed by atoms with Crippen LogP contribution in [-0.2, 0) is 20.2 Å². The zero-order valence-corrected chi connectivity index (χ0v) is 12.5. The van der Waals surface area contributed by atoms with Crippen LogP contribution in [-0.4, -0.2) is 54.5 Å². The first-order valence-electron chi connectivity index (χ1n) is 5.69. The highest BCUT2D eigenvalue weighted by molar-refractivity contribution is 7.88. The van der Waals surface area contributed by atoms with Gasteiger partial charge in [-0.1, -0.05) is 20.8 Å². The molecule has 2 N–H and O–H groups in total. The van der Waals surface area contributed by atoms with E-state index >= 15 is 0 Å². The fraction of sp³-hybridized carbons (Fsp3) is 0.700. The number of sulfonamides is 1. The molecule has 0 saturated carbocycles. The van der Waals surface area contributed by atoms with E-state index in [0.717, 1.165) is 4.31 Å². The summed E-state index contributed by atoms with van der Waals surface area (Å²) in [7, 11) is -1.12. The van der Waals surface area contributed by atoms with E-state index in [1.165, 1.54) is 14.1 Å². The number of aromatic amines is 1. The Balaban J connectivity index is 3.01. The van der Waals surface area contributed by atoms with E-state index in [0.29, 0.717) is 5.82 Å². The summed E-state index contributed by atoms with van der Waals surface area (Å²) in [6.07, 6.45) is 0. The van der Waals surface area contributed by atoms with Gasteiger partial charge in [0, 0.05) is 19.5 Å². The van der Waals surface area contributed by atoms with Gasteiger partial charge in [-0.2, -0.15) is 4.31 Å². The summed E-state index contributed by atoms with van der Waals surface area (Å²) in [4.78, 5) is 15.2. The zero-order valence-electron chi connectivity index (χ0n) is 11.7. The highest BCUT2D eigenvalue weighted by Gasteiger charge is 2.29. The Hall–Kier alpha value is -1.48. The maximum Gasteiger partial charge on any atom is 0.282 e. The average Bonchev–Trinajstić information content (AvgIpc) is 2.77. The van der Waals surface area contributed by atoms with Crippen LogP contribution in [0.15, 0.2) is 5.16 Å². The average molecular weight is 289 g/mol. The van der Waals surface area contributed by atoms with Gasteiger partial charge >= 0.3 is 0 Å². The maximum atomic E-state index is 12.1. The molecule has 8 nitrogen and oxygen atoms in total. The molecule has 0 aliphatic rings. The van der Waals surface area contributed by atoms with Crippen LogP contribution in [0.25, 0.3) is 0 Å². The van der Waals surface area contributed by atoms with Gasteiger partial charge in [0.15, 0.2) is 0 Å². The van der Waals surface area contributed by atoms with Crippen molar-refractivity contribution < 1.29 is 13.2 Å². The molecule has 1 amide bonds. The molecule has 1 aromatic rings. The highest BCUT2D eigenvalue weighted by atomic mass is 32.2. The number of carbonyl (C=O) groups excluding carboxylic acids is 1. The molecule has 9 heteroatoms. The number of nitrogens with zero attached hydrogens (tertiary/aromatic N) is 3. The minimum absolute atomic E-state index is 0.280. The lowest BCUT2D eigenvalue weighted by molar-refractivity contribution is -0.120. The van der Waals surface area contributed by atoms with Crippen molar-refractivity contribution in [2.45, 2.75) is 31.3 Å². The summed E-state index contributed by atoms with van der Waals surface area (Å²) in [6, 6.07) is 0. The first-order valence-corrected chi connectivity index (χ1v) is 7.13. The summed E-state index contributed by atoms with van der Waals surface area (Å²) in [6.45, 7) is 5.38. The molecule has 0 aliphatic heterocycles. The van der Waals surface area contributed by atoms with Crippen molar-refractivity contribution >= 4 is 15.9 Å². The number of hydrogen-bond acceptors (Lipinski definition) is 5. The lowest BCUT2D eigenvalue weighted by Crippen LogP contribution is -2.37. The van der Waals surface area contributed by atoms with Crippen LogP contribution in [0, 0.1) is 0 Å². The number of amides is 1. The third-order valence-corrected chi connectivity index (χ3v) is 4.06. The molecular formula is C10H19N5O3S. The fourth-order valence-electron chi connectivity index (χ4n) is 1.20. The Labute approximate surface area is 112 Å². The topological polar surface area (TPSA) is 108 Å². The van der Waals surface area contributed by atoms with Crippen LogP contribution < -0.4 is 5.32 Å². The summed E-state index contributed by atoms with van der Waals surface area (Å²) in [5, 5.41) is 8.34. The molecule has 108 valence electrons. The highest BCUT2D eigenvalue weighted by Crippen LogP contribution is 2.19. The van der Waals surface area contributed by atoms with Crippen molar-refractivity contribution in [2.75, 3.05) is 20.6 Å². The second-order valence-electron chi connectivity index (χ2n) is 5.15. The normalized spacial score (nSPS) is 12.7. The standard InChI is InChI=1S/C10H19N5O3S/c1-10(2,3)8-12-9(14-13-8)19(17,18)15(5)6-7(16)11-4/h6H2,1-5H3,(H,11,16)(H,12,13,14). The third kappa shape index (κ3) is 3.51. The Bertz CT molecular complexity index is 558. The van der Waals surface area contributed by atoms with Gasteiger partial charge in [-0.3, -0.25) is 9.89 Å². The number of likely N-dealkylation sites (N-methyl/N-ethyl adjacent to an activating group) is 2. The Kier molecular flexibility index (Phi) is 4.31. The molecule has 0 spiro atoms. The molecule has 0 bridgehead atoms. The first-order chi connectivity index (χ1) is 8.59. The SMILES string of the molecule is CNC(=O)CN(C)S(=O)(=O)c1n[nH]c(C(C)(C)C)n1. The molecule has 19 heavy (non-hydrogen) atoms. The van der Waals surface area contributed by atoms with E-state index in [9.17, 15) is 13.2 Å². The zero-order chi connectivity index (χ0) is 14.8. The summed E-state index contributed by atoms with van der Waals surface area (Å²) in [5.41, 5.74) is -0.333. The van der Waals surface area contributed by atoms with Gasteiger partial charge in [-0.05, 0) is 0 Å². The smallest absolute Gasteiger partial charge is 0.282 e. The Morgan fingerprint density at radius 1 is 1.42 bits per heavy atom. The van der Waals surface area contributed by atoms with Crippen LogP contribution in [0.4, 0.5) is 0 Å². The first kappa shape index (κ1) is 15.6. The number of H-pyrrole nitrogens is 1. The van der Waals surface area contributed by atoms with E-state index in [-0.39, 0.29) is 17.1 Å². The van der Waals surface area contributed by atoms with Gasteiger partial charge in [-0.15, -0.1) is 5.10 Å². The molecule has 0 aromatic carbocycles. The molecule has 0 atom stereocenters. The van der Waals surface area contributed by atoms with Crippen molar-refractivity contribution in [1.29, 1.82) is 0 Å². The van der Waals surface area contributed by atoms with Gasteiger partial charge in [0.05, 0.1) is 6.54 Å². The molecule has 0 fully saturated rings. The lowest BCUT2D eigenvalue weighted by Gasteiger charge is -2.14. The molecular weight excluding hydrogens is 270 g/mol. The van der Waals surface area contributed by atoms with Crippen LogP contribution in [0.2, 0.25) is 0 Å². The lowest BCUT2D eigenvalue weighted by atomic mass is 9.96. The number of aromatic nitrogens is 3. The summed E-state index contributed by atoms with van der Waals surface area (Å²) in [5.74, 6) is 0.0667. The van der Waals surface area contributed by atoms with E-state index in [1.807, 2.05) is 20.8 Å². The van der Waals surface area contributed by atoms with Gasteiger partial charge in [-0.25, -0.2) is 13.4 Å². The minimum atomic E-state index is -3.86. The fourth-order valence-corrected chi connectivity index (χ4v) is 2.14. The minimum Gasteiger partial charge on any atom is -0.358 e. The second-order valence-corrected chi connectivity index (χ2v) is 7.09. The molecule has 1 heterocycles. The predicted molar refractivity (Wildman–Crippen MR) is 69.0 cm³/mol. The monoisotopic (exact) mass is 289 g/mol. The van der Waals surface area contributed by atoms with Crippen LogP contribution in [0.5, 0.6) is 0 Å². The second kappa shape index (κ2) is 5.25. The van der Waals surface area contributed by atoms with Crippen molar-refractivity contribution in [3.8, 4) is 0 Å². The van der Waals surface area contributed by atoms with E-state index in [2.05, 4.69) is 20.5 Å². The molecule has 1 aromatic heterocycles. The third-order valence-electron chi connectivity index (χ3n) is 2.46. The van der Waals surface area contributed by atoms with Crippen molar-refractivity contribution in [2.24, 2.45) is 0 Å². The maximum absolute atomic E-state index is 12.1. The van der Waals surface area contributed by atoms with Crippen molar-refractivity contribution in [3.63, 3.8) is 0 Å². The van der Waals surface area contributed by atoms with Crippen molar-refractivity contribution in [3.05, 3.63) is 5.82 Å². The Morgan fingerprint density at radius 2 is 2.00 bits per heavy atom. The van der Waals surface area contributed by atoms with Gasteiger partial charge in [0.2, 0.25) is 5.91 Å². The largest absolute Gasteiger partial charge is 0.358 e. The van der Waals surface area contributed by atoms with Crippen LogP contribution in [0.3, 0.4) is 0 Å². The number of nitrogens with one attached hydrogen (secondary N) is 2.